The molecule has 0 fully saturated rings. The van der Waals surface area contributed by atoms with Gasteiger partial charge < -0.3 is 10.1 Å². The summed E-state index contributed by atoms with van der Waals surface area (Å²) in [5.41, 5.74) is 0. The molecule has 0 bridgehead atoms. The SMILES string of the molecule is COC(C)CNC(CCCl)C(C)C. The van der Waals surface area contributed by atoms with E-state index in [9.17, 15) is 0 Å². The van der Waals surface area contributed by atoms with Crippen LogP contribution in [-0.2, 0) is 4.74 Å². The lowest BCUT2D eigenvalue weighted by Crippen LogP contribution is -2.38. The Morgan fingerprint density at radius 2 is 1.92 bits per heavy atom. The van der Waals surface area contributed by atoms with Gasteiger partial charge >= 0.3 is 0 Å². The smallest absolute Gasteiger partial charge is 0.0667 e. The molecule has 80 valence electrons. The maximum Gasteiger partial charge on any atom is 0.0667 e. The van der Waals surface area contributed by atoms with Crippen LogP contribution in [-0.4, -0.2) is 31.7 Å². The predicted octanol–water partition coefficient (Wildman–Crippen LogP) is 2.26. The monoisotopic (exact) mass is 207 g/mol. The van der Waals surface area contributed by atoms with Crippen molar-refractivity contribution in [1.82, 2.24) is 5.32 Å². The Hall–Kier alpha value is 0.210. The van der Waals surface area contributed by atoms with E-state index in [2.05, 4.69) is 26.1 Å². The number of hydrogen-bond acceptors (Lipinski definition) is 2. The lowest BCUT2D eigenvalue weighted by molar-refractivity contribution is 0.112. The van der Waals surface area contributed by atoms with Crippen LogP contribution in [0.15, 0.2) is 0 Å². The van der Waals surface area contributed by atoms with E-state index in [1.807, 2.05) is 0 Å². The zero-order valence-electron chi connectivity index (χ0n) is 9.14. The normalized spacial score (nSPS) is 16.2. The third kappa shape index (κ3) is 6.30. The third-order valence-corrected chi connectivity index (χ3v) is 2.51. The maximum absolute atomic E-state index is 5.72. The van der Waals surface area contributed by atoms with E-state index in [1.54, 1.807) is 7.11 Å². The van der Waals surface area contributed by atoms with Crippen molar-refractivity contribution in [3.8, 4) is 0 Å². The minimum Gasteiger partial charge on any atom is -0.380 e. The second-order valence-electron chi connectivity index (χ2n) is 3.78. The predicted molar refractivity (Wildman–Crippen MR) is 58.4 cm³/mol. The van der Waals surface area contributed by atoms with Gasteiger partial charge in [0.15, 0.2) is 0 Å². The lowest BCUT2D eigenvalue weighted by atomic mass is 10.0. The first-order chi connectivity index (χ1) is 6.11. The quantitative estimate of drug-likeness (QED) is 0.647. The summed E-state index contributed by atoms with van der Waals surface area (Å²) in [5.74, 6) is 1.35. The summed E-state index contributed by atoms with van der Waals surface area (Å²) in [5, 5.41) is 3.46. The molecule has 2 unspecified atom stereocenters. The number of ether oxygens (including phenoxy) is 1. The number of rotatable bonds is 7. The zero-order valence-corrected chi connectivity index (χ0v) is 9.90. The highest BCUT2D eigenvalue weighted by molar-refractivity contribution is 6.17. The highest BCUT2D eigenvalue weighted by Crippen LogP contribution is 2.07. The van der Waals surface area contributed by atoms with Gasteiger partial charge in [0.25, 0.3) is 0 Å². The van der Waals surface area contributed by atoms with Crippen LogP contribution in [0.2, 0.25) is 0 Å². The van der Waals surface area contributed by atoms with E-state index < -0.39 is 0 Å². The molecule has 13 heavy (non-hydrogen) atoms. The second kappa shape index (κ2) is 7.60. The van der Waals surface area contributed by atoms with Crippen molar-refractivity contribution in [3.63, 3.8) is 0 Å². The van der Waals surface area contributed by atoms with Crippen molar-refractivity contribution in [2.75, 3.05) is 19.5 Å². The molecule has 0 saturated heterocycles. The molecule has 1 N–H and O–H groups in total. The van der Waals surface area contributed by atoms with E-state index in [0.717, 1.165) is 18.8 Å². The van der Waals surface area contributed by atoms with Crippen molar-refractivity contribution >= 4 is 11.6 Å². The van der Waals surface area contributed by atoms with Gasteiger partial charge in [0.1, 0.15) is 0 Å². The number of halogens is 1. The molecule has 0 heterocycles. The molecule has 2 nitrogen and oxygen atoms in total. The summed E-state index contributed by atoms with van der Waals surface area (Å²) in [6.07, 6.45) is 1.30. The first-order valence-corrected chi connectivity index (χ1v) is 5.47. The summed E-state index contributed by atoms with van der Waals surface area (Å²) in [7, 11) is 1.73. The fourth-order valence-corrected chi connectivity index (χ4v) is 1.42. The van der Waals surface area contributed by atoms with Gasteiger partial charge in [-0.3, -0.25) is 0 Å². The molecule has 0 amide bonds. The van der Waals surface area contributed by atoms with Gasteiger partial charge in [-0.15, -0.1) is 11.6 Å². The van der Waals surface area contributed by atoms with Gasteiger partial charge in [-0.25, -0.2) is 0 Å². The van der Waals surface area contributed by atoms with Crippen LogP contribution in [0.25, 0.3) is 0 Å². The molecule has 0 aliphatic heterocycles. The molecular formula is C10H22ClNO. The van der Waals surface area contributed by atoms with Crippen LogP contribution in [0.1, 0.15) is 27.2 Å². The Balaban J connectivity index is 3.68. The number of alkyl halides is 1. The van der Waals surface area contributed by atoms with Crippen LogP contribution < -0.4 is 5.32 Å². The van der Waals surface area contributed by atoms with Crippen molar-refractivity contribution < 1.29 is 4.74 Å². The molecule has 0 aromatic carbocycles. The Labute approximate surface area is 87.0 Å². The first-order valence-electron chi connectivity index (χ1n) is 4.94. The topological polar surface area (TPSA) is 21.3 Å². The number of hydrogen-bond donors (Lipinski definition) is 1. The molecule has 0 radical (unpaired) electrons. The molecule has 3 heteroatoms. The third-order valence-electron chi connectivity index (χ3n) is 2.29. The van der Waals surface area contributed by atoms with Crippen molar-refractivity contribution in [2.24, 2.45) is 5.92 Å². The second-order valence-corrected chi connectivity index (χ2v) is 4.16. The fraction of sp³-hybridized carbons (Fsp3) is 1.00. The summed E-state index contributed by atoms with van der Waals surface area (Å²) in [6.45, 7) is 7.38. The highest BCUT2D eigenvalue weighted by atomic mass is 35.5. The highest BCUT2D eigenvalue weighted by Gasteiger charge is 2.12. The Kier molecular flexibility index (Phi) is 7.72. The average molecular weight is 208 g/mol. The molecule has 0 aliphatic carbocycles. The van der Waals surface area contributed by atoms with Gasteiger partial charge in [-0.05, 0) is 19.3 Å². The van der Waals surface area contributed by atoms with E-state index in [4.69, 9.17) is 16.3 Å². The summed E-state index contributed by atoms with van der Waals surface area (Å²) < 4.78 is 5.16. The van der Waals surface area contributed by atoms with Crippen molar-refractivity contribution in [3.05, 3.63) is 0 Å². The summed E-state index contributed by atoms with van der Waals surface area (Å²) in [6, 6.07) is 0.509. The van der Waals surface area contributed by atoms with Crippen LogP contribution in [0.4, 0.5) is 0 Å². The molecule has 0 rings (SSSR count). The van der Waals surface area contributed by atoms with Gasteiger partial charge in [0, 0.05) is 25.6 Å². The lowest BCUT2D eigenvalue weighted by Gasteiger charge is -2.23. The van der Waals surface area contributed by atoms with Gasteiger partial charge in [-0.2, -0.15) is 0 Å². The molecule has 2 atom stereocenters. The summed E-state index contributed by atoms with van der Waals surface area (Å²) in [4.78, 5) is 0. The Morgan fingerprint density at radius 1 is 1.31 bits per heavy atom. The molecule has 0 aromatic rings. The van der Waals surface area contributed by atoms with Crippen LogP contribution in [0, 0.1) is 5.92 Å². The minimum atomic E-state index is 0.275. The van der Waals surface area contributed by atoms with Gasteiger partial charge in [-0.1, -0.05) is 13.8 Å². The Bertz CT molecular complexity index is 119. The van der Waals surface area contributed by atoms with Gasteiger partial charge in [0.05, 0.1) is 6.10 Å². The maximum atomic E-state index is 5.72. The first kappa shape index (κ1) is 13.2. The van der Waals surface area contributed by atoms with E-state index >= 15 is 0 Å². The average Bonchev–Trinajstić information content (AvgIpc) is 2.11. The van der Waals surface area contributed by atoms with Crippen LogP contribution in [0.5, 0.6) is 0 Å². The van der Waals surface area contributed by atoms with Crippen LogP contribution in [0.3, 0.4) is 0 Å². The molecule has 0 saturated carbocycles. The molecule has 0 aromatic heterocycles. The summed E-state index contributed by atoms with van der Waals surface area (Å²) >= 11 is 5.72. The molecular weight excluding hydrogens is 186 g/mol. The minimum absolute atomic E-state index is 0.275. The van der Waals surface area contributed by atoms with Gasteiger partial charge in [0.2, 0.25) is 0 Å². The van der Waals surface area contributed by atoms with E-state index in [1.165, 1.54) is 0 Å². The number of nitrogens with one attached hydrogen (secondary N) is 1. The molecule has 0 aliphatic rings. The van der Waals surface area contributed by atoms with E-state index in [-0.39, 0.29) is 6.10 Å². The van der Waals surface area contributed by atoms with Crippen molar-refractivity contribution in [1.29, 1.82) is 0 Å². The zero-order chi connectivity index (χ0) is 10.3. The van der Waals surface area contributed by atoms with Crippen molar-refractivity contribution in [2.45, 2.75) is 39.3 Å². The van der Waals surface area contributed by atoms with Crippen LogP contribution >= 0.6 is 11.6 Å². The fourth-order valence-electron chi connectivity index (χ4n) is 1.19. The standard InChI is InChI=1S/C10H22ClNO/c1-8(2)10(5-6-11)12-7-9(3)13-4/h8-10,12H,5-7H2,1-4H3. The largest absolute Gasteiger partial charge is 0.380 e. The number of methoxy groups -OCH3 is 1. The Morgan fingerprint density at radius 3 is 2.31 bits per heavy atom. The van der Waals surface area contributed by atoms with E-state index in [0.29, 0.717) is 12.0 Å². The molecule has 0 spiro atoms.